The number of hydrogen-bond donors (Lipinski definition) is 2. The van der Waals surface area contributed by atoms with Crippen LogP contribution in [-0.2, 0) is 0 Å². The Morgan fingerprint density at radius 3 is 2.34 bits per heavy atom. The number of hydrogen-bond acceptors (Lipinski definition) is 8. The second-order valence-electron chi connectivity index (χ2n) is 5.91. The van der Waals surface area contributed by atoms with Crippen LogP contribution >= 0.6 is 11.6 Å². The van der Waals surface area contributed by atoms with Gasteiger partial charge in [0.2, 0.25) is 11.6 Å². The Kier molecular flexibility index (Phi) is 5.99. The molecule has 3 aromatic rings. The number of ether oxygens (including phenoxy) is 2. The van der Waals surface area contributed by atoms with Gasteiger partial charge in [-0.1, -0.05) is 17.7 Å². The number of nitrogens with one attached hydrogen (secondary N) is 2. The van der Waals surface area contributed by atoms with Crippen LogP contribution in [0.4, 0.5) is 28.7 Å². The van der Waals surface area contributed by atoms with E-state index >= 15 is 0 Å². The molecule has 2 aromatic carbocycles. The number of anilines is 4. The summed E-state index contributed by atoms with van der Waals surface area (Å²) in [5.74, 6) is 1.05. The minimum absolute atomic E-state index is 0.00117. The third-order valence-electron chi connectivity index (χ3n) is 4.19. The molecule has 29 heavy (non-hydrogen) atoms. The molecule has 0 amide bonds. The van der Waals surface area contributed by atoms with Crippen LogP contribution in [-0.4, -0.2) is 29.1 Å². The van der Waals surface area contributed by atoms with Crippen molar-refractivity contribution in [3.8, 4) is 11.5 Å². The van der Waals surface area contributed by atoms with Gasteiger partial charge in [0.1, 0.15) is 17.8 Å². The largest absolute Gasteiger partial charge is 0.497 e. The van der Waals surface area contributed by atoms with Crippen LogP contribution < -0.4 is 20.1 Å². The van der Waals surface area contributed by atoms with Gasteiger partial charge in [0.15, 0.2) is 0 Å². The summed E-state index contributed by atoms with van der Waals surface area (Å²) < 4.78 is 10.5. The first-order valence-electron chi connectivity index (χ1n) is 8.45. The SMILES string of the molecule is COc1ccc(OC)c(Nc2ncnc(Nc3cccc(Cl)c3C)c2[N+](=O)[O-])c1. The normalized spacial score (nSPS) is 10.3. The van der Waals surface area contributed by atoms with Crippen molar-refractivity contribution >= 4 is 40.3 Å². The standard InChI is InChI=1S/C19H18ClN5O4/c1-11-13(20)5-4-6-14(11)23-18-17(25(26)27)19(22-10-21-18)24-15-9-12(28-2)7-8-16(15)29-3/h4-10H,1-3H3,(H2,21,22,23,24). The fourth-order valence-corrected chi connectivity index (χ4v) is 2.82. The van der Waals surface area contributed by atoms with Gasteiger partial charge in [-0.25, -0.2) is 9.97 Å². The van der Waals surface area contributed by atoms with E-state index in [1.54, 1.807) is 43.3 Å². The molecule has 0 unspecified atom stereocenters. The molecule has 10 heteroatoms. The zero-order valence-corrected chi connectivity index (χ0v) is 16.6. The van der Waals surface area contributed by atoms with E-state index in [4.69, 9.17) is 21.1 Å². The average molecular weight is 416 g/mol. The Labute approximate surface area is 171 Å². The summed E-state index contributed by atoms with van der Waals surface area (Å²) in [4.78, 5) is 19.3. The van der Waals surface area contributed by atoms with Crippen molar-refractivity contribution in [2.75, 3.05) is 24.9 Å². The molecule has 0 atom stereocenters. The fourth-order valence-electron chi connectivity index (χ4n) is 2.64. The minimum Gasteiger partial charge on any atom is -0.497 e. The number of rotatable bonds is 7. The minimum atomic E-state index is -0.558. The molecule has 1 heterocycles. The molecule has 0 saturated heterocycles. The maximum absolute atomic E-state index is 11.8. The molecule has 2 N–H and O–H groups in total. The molecular formula is C19H18ClN5O4. The first-order chi connectivity index (χ1) is 13.9. The van der Waals surface area contributed by atoms with Crippen LogP contribution in [0.3, 0.4) is 0 Å². The molecule has 0 saturated carbocycles. The summed E-state index contributed by atoms with van der Waals surface area (Å²) >= 11 is 6.14. The topological polar surface area (TPSA) is 111 Å². The first kappa shape index (κ1) is 20.2. The Morgan fingerprint density at radius 2 is 1.72 bits per heavy atom. The summed E-state index contributed by atoms with van der Waals surface area (Å²) in [7, 11) is 3.02. The lowest BCUT2D eigenvalue weighted by molar-refractivity contribution is -0.383. The van der Waals surface area contributed by atoms with Gasteiger partial charge in [0.25, 0.3) is 0 Å². The summed E-state index contributed by atoms with van der Waals surface area (Å²) in [6, 6.07) is 10.3. The van der Waals surface area contributed by atoms with Crippen molar-refractivity contribution in [2.45, 2.75) is 6.92 Å². The van der Waals surface area contributed by atoms with Crippen molar-refractivity contribution in [3.63, 3.8) is 0 Å². The molecule has 0 aliphatic rings. The second kappa shape index (κ2) is 8.61. The van der Waals surface area contributed by atoms with E-state index in [2.05, 4.69) is 20.6 Å². The van der Waals surface area contributed by atoms with Gasteiger partial charge in [0, 0.05) is 16.8 Å². The summed E-state index contributed by atoms with van der Waals surface area (Å²) in [6.07, 6.45) is 1.23. The molecule has 0 fully saturated rings. The van der Waals surface area contributed by atoms with Crippen LogP contribution in [0.25, 0.3) is 0 Å². The van der Waals surface area contributed by atoms with Crippen molar-refractivity contribution in [1.82, 2.24) is 9.97 Å². The molecule has 0 radical (unpaired) electrons. The molecule has 150 valence electrons. The first-order valence-corrected chi connectivity index (χ1v) is 8.83. The molecule has 9 nitrogen and oxygen atoms in total. The summed E-state index contributed by atoms with van der Waals surface area (Å²) in [5.41, 5.74) is 1.48. The summed E-state index contributed by atoms with van der Waals surface area (Å²) in [5, 5.41) is 18.3. The van der Waals surface area contributed by atoms with Gasteiger partial charge >= 0.3 is 5.69 Å². The number of methoxy groups -OCH3 is 2. The maximum atomic E-state index is 11.8. The van der Waals surface area contributed by atoms with Crippen molar-refractivity contribution in [3.05, 3.63) is 63.4 Å². The number of nitro groups is 1. The summed E-state index contributed by atoms with van der Waals surface area (Å²) in [6.45, 7) is 1.80. The van der Waals surface area contributed by atoms with E-state index in [1.807, 2.05) is 0 Å². The Balaban J connectivity index is 2.04. The molecule has 0 aliphatic heterocycles. The highest BCUT2D eigenvalue weighted by Gasteiger charge is 2.24. The Bertz CT molecular complexity index is 1060. The van der Waals surface area contributed by atoms with E-state index in [1.165, 1.54) is 20.5 Å². The molecular weight excluding hydrogens is 398 g/mol. The number of nitrogens with zero attached hydrogens (tertiary/aromatic N) is 3. The monoisotopic (exact) mass is 415 g/mol. The fraction of sp³-hybridized carbons (Fsp3) is 0.158. The number of aromatic nitrogens is 2. The Morgan fingerprint density at radius 1 is 1.03 bits per heavy atom. The van der Waals surface area contributed by atoms with Crippen LogP contribution in [0.15, 0.2) is 42.7 Å². The predicted octanol–water partition coefficient (Wildman–Crippen LogP) is 4.85. The van der Waals surface area contributed by atoms with Crippen LogP contribution in [0.2, 0.25) is 5.02 Å². The number of halogens is 1. The van der Waals surface area contributed by atoms with Gasteiger partial charge in [-0.15, -0.1) is 0 Å². The van der Waals surface area contributed by atoms with Crippen molar-refractivity contribution in [2.24, 2.45) is 0 Å². The van der Waals surface area contributed by atoms with Crippen molar-refractivity contribution in [1.29, 1.82) is 0 Å². The molecule has 0 bridgehead atoms. The zero-order chi connectivity index (χ0) is 21.0. The van der Waals surface area contributed by atoms with E-state index in [0.717, 1.165) is 5.56 Å². The quantitative estimate of drug-likeness (QED) is 0.416. The zero-order valence-electron chi connectivity index (χ0n) is 15.9. The van der Waals surface area contributed by atoms with Gasteiger partial charge in [-0.05, 0) is 36.8 Å². The molecule has 0 aliphatic carbocycles. The lowest BCUT2D eigenvalue weighted by Crippen LogP contribution is -2.06. The molecule has 0 spiro atoms. The lowest BCUT2D eigenvalue weighted by atomic mass is 10.2. The van der Waals surface area contributed by atoms with E-state index in [0.29, 0.717) is 27.9 Å². The maximum Gasteiger partial charge on any atom is 0.353 e. The van der Waals surface area contributed by atoms with E-state index in [9.17, 15) is 10.1 Å². The smallest absolute Gasteiger partial charge is 0.353 e. The van der Waals surface area contributed by atoms with Crippen LogP contribution in [0.1, 0.15) is 5.56 Å². The lowest BCUT2D eigenvalue weighted by Gasteiger charge is -2.14. The highest BCUT2D eigenvalue weighted by atomic mass is 35.5. The average Bonchev–Trinajstić information content (AvgIpc) is 2.71. The predicted molar refractivity (Wildman–Crippen MR) is 111 cm³/mol. The molecule has 3 rings (SSSR count). The van der Waals surface area contributed by atoms with Gasteiger partial charge in [-0.3, -0.25) is 10.1 Å². The Hall–Kier alpha value is -3.59. The number of benzene rings is 2. The van der Waals surface area contributed by atoms with E-state index in [-0.39, 0.29) is 17.3 Å². The highest BCUT2D eigenvalue weighted by Crippen LogP contribution is 2.37. The van der Waals surface area contributed by atoms with Crippen LogP contribution in [0, 0.1) is 17.0 Å². The van der Waals surface area contributed by atoms with Gasteiger partial charge < -0.3 is 20.1 Å². The highest BCUT2D eigenvalue weighted by molar-refractivity contribution is 6.31. The third kappa shape index (κ3) is 4.30. The molecule has 1 aromatic heterocycles. The van der Waals surface area contributed by atoms with E-state index < -0.39 is 4.92 Å². The van der Waals surface area contributed by atoms with Gasteiger partial charge in [-0.2, -0.15) is 0 Å². The van der Waals surface area contributed by atoms with Crippen LogP contribution in [0.5, 0.6) is 11.5 Å². The second-order valence-corrected chi connectivity index (χ2v) is 6.31. The third-order valence-corrected chi connectivity index (χ3v) is 4.59. The van der Waals surface area contributed by atoms with Crippen molar-refractivity contribution < 1.29 is 14.4 Å². The van der Waals surface area contributed by atoms with Gasteiger partial charge in [0.05, 0.1) is 24.8 Å².